The number of amides is 1. The number of hydrogen-bond acceptors (Lipinski definition) is 6. The summed E-state index contributed by atoms with van der Waals surface area (Å²) in [7, 11) is -2.10. The minimum atomic E-state index is -3.70. The number of benzene rings is 2. The first-order valence-corrected chi connectivity index (χ1v) is 11.4. The third-order valence-corrected chi connectivity index (χ3v) is 5.75. The lowest BCUT2D eigenvalue weighted by Gasteiger charge is -2.23. The van der Waals surface area contributed by atoms with Crippen molar-refractivity contribution in [1.29, 1.82) is 0 Å². The molecule has 0 aliphatic rings. The van der Waals surface area contributed by atoms with Crippen LogP contribution in [0.4, 0.5) is 10.1 Å². The number of hydrogen-bond donors (Lipinski definition) is 0. The largest absolute Gasteiger partial charge is 0.337 e. The first-order valence-electron chi connectivity index (χ1n) is 9.60. The van der Waals surface area contributed by atoms with Crippen molar-refractivity contribution in [1.82, 2.24) is 15.0 Å². The van der Waals surface area contributed by atoms with Gasteiger partial charge in [-0.2, -0.15) is 4.98 Å². The van der Waals surface area contributed by atoms with Gasteiger partial charge in [0.15, 0.2) is 0 Å². The van der Waals surface area contributed by atoms with Crippen LogP contribution in [0.15, 0.2) is 59.1 Å². The van der Waals surface area contributed by atoms with Gasteiger partial charge in [-0.25, -0.2) is 12.8 Å². The summed E-state index contributed by atoms with van der Waals surface area (Å²) >= 11 is 0. The number of carbonyl (C=O) groups excluding carboxylic acids is 1. The van der Waals surface area contributed by atoms with Gasteiger partial charge in [-0.3, -0.25) is 9.10 Å². The summed E-state index contributed by atoms with van der Waals surface area (Å²) in [5.41, 5.74) is 0.769. The number of nitrogens with zero attached hydrogens (tertiary/aromatic N) is 4. The van der Waals surface area contributed by atoms with E-state index < -0.39 is 15.8 Å². The molecule has 2 aromatic carbocycles. The maximum absolute atomic E-state index is 14.0. The van der Waals surface area contributed by atoms with Crippen molar-refractivity contribution in [2.75, 3.05) is 24.2 Å². The molecule has 0 N–H and O–H groups in total. The Kier molecular flexibility index (Phi) is 7.01. The molecule has 0 aliphatic carbocycles. The number of aromatic nitrogens is 2. The summed E-state index contributed by atoms with van der Waals surface area (Å²) in [6, 6.07) is 14.9. The van der Waals surface area contributed by atoms with E-state index in [1.807, 2.05) is 30.3 Å². The highest BCUT2D eigenvalue weighted by atomic mass is 32.2. The number of rotatable bonds is 9. The van der Waals surface area contributed by atoms with Crippen molar-refractivity contribution in [3.63, 3.8) is 0 Å². The second-order valence-electron chi connectivity index (χ2n) is 7.02. The summed E-state index contributed by atoms with van der Waals surface area (Å²) in [5.74, 6) is -0.132. The molecule has 0 spiro atoms. The van der Waals surface area contributed by atoms with Crippen LogP contribution in [0.1, 0.15) is 18.7 Å². The fourth-order valence-corrected chi connectivity index (χ4v) is 3.96. The number of sulfonamides is 1. The van der Waals surface area contributed by atoms with Crippen LogP contribution in [-0.4, -0.2) is 49.2 Å². The maximum atomic E-state index is 14.0. The van der Waals surface area contributed by atoms with Crippen molar-refractivity contribution in [2.45, 2.75) is 19.4 Å². The van der Waals surface area contributed by atoms with Crippen LogP contribution < -0.4 is 4.31 Å². The molecule has 3 rings (SSSR count). The van der Waals surface area contributed by atoms with E-state index in [1.54, 1.807) is 13.1 Å². The van der Waals surface area contributed by atoms with E-state index in [-0.39, 0.29) is 37.5 Å². The number of carbonyl (C=O) groups is 1. The third-order valence-electron chi connectivity index (χ3n) is 4.57. The monoisotopic (exact) mass is 446 g/mol. The van der Waals surface area contributed by atoms with Crippen molar-refractivity contribution >= 4 is 21.6 Å². The summed E-state index contributed by atoms with van der Waals surface area (Å²) < 4.78 is 44.4. The molecule has 0 bridgehead atoms. The lowest BCUT2D eigenvalue weighted by atomic mass is 10.2. The van der Waals surface area contributed by atoms with Gasteiger partial charge < -0.3 is 9.42 Å². The molecule has 0 unspecified atom stereocenters. The molecule has 1 amide bonds. The van der Waals surface area contributed by atoms with Crippen LogP contribution in [0.2, 0.25) is 0 Å². The quantitative estimate of drug-likeness (QED) is 0.501. The van der Waals surface area contributed by atoms with Crippen molar-refractivity contribution in [3.05, 3.63) is 66.3 Å². The van der Waals surface area contributed by atoms with Gasteiger partial charge in [-0.1, -0.05) is 47.6 Å². The smallest absolute Gasteiger partial charge is 0.246 e. The van der Waals surface area contributed by atoms with Gasteiger partial charge in [0.05, 0.1) is 18.5 Å². The highest BCUT2D eigenvalue weighted by Gasteiger charge is 2.21. The highest BCUT2D eigenvalue weighted by molar-refractivity contribution is 7.92. The van der Waals surface area contributed by atoms with Gasteiger partial charge in [-0.15, -0.1) is 0 Å². The Bertz CT molecular complexity index is 1140. The van der Waals surface area contributed by atoms with Crippen LogP contribution in [0.3, 0.4) is 0 Å². The van der Waals surface area contributed by atoms with Gasteiger partial charge in [0.25, 0.3) is 0 Å². The van der Waals surface area contributed by atoms with Gasteiger partial charge in [0, 0.05) is 25.6 Å². The highest BCUT2D eigenvalue weighted by Crippen LogP contribution is 2.22. The third kappa shape index (κ3) is 5.88. The Morgan fingerprint density at radius 3 is 2.45 bits per heavy atom. The van der Waals surface area contributed by atoms with E-state index >= 15 is 0 Å². The van der Waals surface area contributed by atoms with E-state index in [1.165, 1.54) is 23.1 Å². The van der Waals surface area contributed by atoms with Crippen LogP contribution in [0, 0.1) is 5.82 Å². The molecule has 0 saturated carbocycles. The molecule has 10 heteroatoms. The molecular formula is C21H23FN4O4S. The Morgan fingerprint density at radius 1 is 1.10 bits per heavy atom. The number of halogens is 1. The fourth-order valence-electron chi connectivity index (χ4n) is 3.00. The van der Waals surface area contributed by atoms with E-state index in [0.29, 0.717) is 11.7 Å². The Labute approximate surface area is 180 Å². The lowest BCUT2D eigenvalue weighted by molar-refractivity contribution is -0.130. The van der Waals surface area contributed by atoms with E-state index in [4.69, 9.17) is 4.52 Å². The molecule has 164 valence electrons. The second-order valence-corrected chi connectivity index (χ2v) is 8.92. The van der Waals surface area contributed by atoms with Gasteiger partial charge in [-0.05, 0) is 18.6 Å². The molecule has 1 heterocycles. The zero-order chi connectivity index (χ0) is 22.4. The Morgan fingerprint density at radius 2 is 1.77 bits per heavy atom. The van der Waals surface area contributed by atoms with E-state index in [2.05, 4.69) is 10.1 Å². The molecule has 3 aromatic rings. The maximum Gasteiger partial charge on any atom is 0.246 e. The summed E-state index contributed by atoms with van der Waals surface area (Å²) in [6.07, 6.45) is 1.31. The topological polar surface area (TPSA) is 96.6 Å². The zero-order valence-electron chi connectivity index (χ0n) is 17.2. The van der Waals surface area contributed by atoms with Crippen LogP contribution in [0.5, 0.6) is 0 Å². The molecule has 0 aliphatic heterocycles. The Balaban J connectivity index is 1.56. The van der Waals surface area contributed by atoms with E-state index in [0.717, 1.165) is 16.1 Å². The average molecular weight is 447 g/mol. The zero-order valence-corrected chi connectivity index (χ0v) is 18.0. The van der Waals surface area contributed by atoms with Crippen molar-refractivity contribution < 1.29 is 22.1 Å². The normalized spacial score (nSPS) is 11.3. The predicted molar refractivity (Wildman–Crippen MR) is 114 cm³/mol. The second kappa shape index (κ2) is 9.69. The molecule has 1 aromatic heterocycles. The minimum Gasteiger partial charge on any atom is -0.337 e. The lowest BCUT2D eigenvalue weighted by Crippen LogP contribution is -2.33. The molecule has 0 radical (unpaired) electrons. The van der Waals surface area contributed by atoms with Crippen LogP contribution >= 0.6 is 0 Å². The fraction of sp³-hybridized carbons (Fsp3) is 0.286. The SMILES string of the molecule is CN(Cc1nc(-c2ccccc2)no1)C(=O)CCCN(c1ccccc1F)S(C)(=O)=O. The first-order chi connectivity index (χ1) is 14.8. The minimum absolute atomic E-state index is 0.0158. The molecule has 0 fully saturated rings. The first kappa shape index (κ1) is 22.4. The summed E-state index contributed by atoms with van der Waals surface area (Å²) in [5, 5.41) is 3.92. The molecule has 0 atom stereocenters. The van der Waals surface area contributed by atoms with Gasteiger partial charge in [0.1, 0.15) is 5.82 Å². The van der Waals surface area contributed by atoms with Crippen LogP contribution in [-0.2, 0) is 21.4 Å². The number of para-hydroxylation sites is 1. The van der Waals surface area contributed by atoms with Crippen molar-refractivity contribution in [3.8, 4) is 11.4 Å². The Hall–Kier alpha value is -3.27. The molecule has 8 nitrogen and oxygen atoms in total. The number of anilines is 1. The van der Waals surface area contributed by atoms with Crippen LogP contribution in [0.25, 0.3) is 11.4 Å². The summed E-state index contributed by atoms with van der Waals surface area (Å²) in [6.45, 7) is 0.111. The van der Waals surface area contributed by atoms with Crippen molar-refractivity contribution in [2.24, 2.45) is 0 Å². The predicted octanol–water partition coefficient (Wildman–Crippen LogP) is 3.08. The average Bonchev–Trinajstić information content (AvgIpc) is 3.20. The van der Waals surface area contributed by atoms with Gasteiger partial charge >= 0.3 is 0 Å². The molecule has 0 saturated heterocycles. The molecule has 31 heavy (non-hydrogen) atoms. The van der Waals surface area contributed by atoms with Gasteiger partial charge in [0.2, 0.25) is 27.6 Å². The summed E-state index contributed by atoms with van der Waals surface area (Å²) in [4.78, 5) is 18.2. The molecular weight excluding hydrogens is 423 g/mol. The van der Waals surface area contributed by atoms with E-state index in [9.17, 15) is 17.6 Å². The standard InChI is InChI=1S/C21H23FN4O4S/c1-25(15-19-23-21(24-30-19)16-9-4-3-5-10-16)20(27)13-8-14-26(31(2,28)29)18-12-7-6-11-17(18)22/h3-7,9-12H,8,13-15H2,1-2H3.